The first-order chi connectivity index (χ1) is 11.5. The van der Waals surface area contributed by atoms with Gasteiger partial charge in [-0.3, -0.25) is 19.5 Å². The zero-order chi connectivity index (χ0) is 17.1. The Balaban J connectivity index is 1.66. The molecule has 1 N–H and O–H groups in total. The fourth-order valence-electron chi connectivity index (χ4n) is 2.17. The molecule has 0 bridgehead atoms. The van der Waals surface area contributed by atoms with Gasteiger partial charge in [-0.1, -0.05) is 6.07 Å². The van der Waals surface area contributed by atoms with E-state index in [4.69, 9.17) is 4.74 Å². The molecule has 1 aromatic carbocycles. The predicted octanol–water partition coefficient (Wildman–Crippen LogP) is 1.81. The lowest BCUT2D eigenvalue weighted by Gasteiger charge is -2.13. The van der Waals surface area contributed by atoms with E-state index in [1.165, 1.54) is 40.4 Å². The molecule has 0 radical (unpaired) electrons. The standard InChI is InChI=1S/C15H13N3O5S/c19-11(8-23-12-3-1-2-10(6-12)18(21)22)7-17-9-16-13-4-5-24-14(13)15(17)20/h1-6,9,11,19H,7-8H2/t11-/m0/s1. The molecular formula is C15H13N3O5S. The van der Waals surface area contributed by atoms with E-state index < -0.39 is 11.0 Å². The van der Waals surface area contributed by atoms with Gasteiger partial charge < -0.3 is 9.84 Å². The molecule has 24 heavy (non-hydrogen) atoms. The van der Waals surface area contributed by atoms with Crippen LogP contribution in [-0.4, -0.2) is 32.3 Å². The fraction of sp³-hybridized carbons (Fsp3) is 0.200. The first kappa shape index (κ1) is 16.1. The Morgan fingerprint density at radius 3 is 3.04 bits per heavy atom. The van der Waals surface area contributed by atoms with Crippen molar-refractivity contribution in [3.63, 3.8) is 0 Å². The molecule has 124 valence electrons. The maximum absolute atomic E-state index is 12.2. The van der Waals surface area contributed by atoms with Crippen molar-refractivity contribution in [3.8, 4) is 5.75 Å². The van der Waals surface area contributed by atoms with Gasteiger partial charge in [-0.15, -0.1) is 11.3 Å². The molecule has 0 saturated heterocycles. The molecule has 0 aliphatic carbocycles. The molecule has 2 heterocycles. The van der Waals surface area contributed by atoms with Crippen LogP contribution in [0.2, 0.25) is 0 Å². The number of thiophene rings is 1. The Hall–Kier alpha value is -2.78. The van der Waals surface area contributed by atoms with Crippen molar-refractivity contribution in [2.45, 2.75) is 12.6 Å². The Morgan fingerprint density at radius 1 is 1.42 bits per heavy atom. The molecule has 3 rings (SSSR count). The van der Waals surface area contributed by atoms with Crippen LogP contribution in [0.25, 0.3) is 10.2 Å². The predicted molar refractivity (Wildman–Crippen MR) is 88.5 cm³/mol. The van der Waals surface area contributed by atoms with Crippen molar-refractivity contribution in [1.29, 1.82) is 0 Å². The Labute approximate surface area is 139 Å². The number of fused-ring (bicyclic) bond motifs is 1. The summed E-state index contributed by atoms with van der Waals surface area (Å²) < 4.78 is 7.21. The molecule has 0 saturated carbocycles. The molecule has 9 heteroatoms. The van der Waals surface area contributed by atoms with Gasteiger partial charge in [0.25, 0.3) is 11.2 Å². The van der Waals surface area contributed by atoms with Crippen molar-refractivity contribution in [1.82, 2.24) is 9.55 Å². The molecule has 3 aromatic rings. The van der Waals surface area contributed by atoms with Crippen LogP contribution in [-0.2, 0) is 6.54 Å². The smallest absolute Gasteiger partial charge is 0.273 e. The maximum Gasteiger partial charge on any atom is 0.273 e. The van der Waals surface area contributed by atoms with E-state index in [-0.39, 0.29) is 30.1 Å². The molecule has 2 aromatic heterocycles. The van der Waals surface area contributed by atoms with Crippen LogP contribution in [0.3, 0.4) is 0 Å². The number of nitrogens with zero attached hydrogens (tertiary/aromatic N) is 3. The van der Waals surface area contributed by atoms with Gasteiger partial charge in [-0.25, -0.2) is 4.98 Å². The molecule has 0 aliphatic heterocycles. The monoisotopic (exact) mass is 347 g/mol. The topological polar surface area (TPSA) is 107 Å². The summed E-state index contributed by atoms with van der Waals surface area (Å²) >= 11 is 1.30. The molecule has 0 aliphatic rings. The number of hydrogen-bond acceptors (Lipinski definition) is 7. The molecule has 8 nitrogen and oxygen atoms in total. The Morgan fingerprint density at radius 2 is 2.25 bits per heavy atom. The van der Waals surface area contributed by atoms with Gasteiger partial charge in [0.2, 0.25) is 0 Å². The second-order valence-electron chi connectivity index (χ2n) is 5.06. The number of aliphatic hydroxyl groups is 1. The average Bonchev–Trinajstić information content (AvgIpc) is 3.05. The summed E-state index contributed by atoms with van der Waals surface area (Å²) in [4.78, 5) is 26.6. The summed E-state index contributed by atoms with van der Waals surface area (Å²) in [5.74, 6) is 0.280. The highest BCUT2D eigenvalue weighted by Gasteiger charge is 2.12. The van der Waals surface area contributed by atoms with Crippen molar-refractivity contribution in [2.24, 2.45) is 0 Å². The summed E-state index contributed by atoms with van der Waals surface area (Å²) in [5.41, 5.74) is 0.318. The number of nitro benzene ring substituents is 1. The minimum atomic E-state index is -0.957. The summed E-state index contributed by atoms with van der Waals surface area (Å²) in [6.45, 7) is -0.0787. The van der Waals surface area contributed by atoms with E-state index in [1.807, 2.05) is 0 Å². The van der Waals surface area contributed by atoms with Gasteiger partial charge in [0.05, 0.1) is 29.4 Å². The second kappa shape index (κ2) is 6.77. The van der Waals surface area contributed by atoms with Gasteiger partial charge in [0.15, 0.2) is 0 Å². The number of rotatable bonds is 6. The summed E-state index contributed by atoms with van der Waals surface area (Å²) in [6, 6.07) is 7.45. The van der Waals surface area contributed by atoms with E-state index in [9.17, 15) is 20.0 Å². The van der Waals surface area contributed by atoms with Gasteiger partial charge in [-0.2, -0.15) is 0 Å². The van der Waals surface area contributed by atoms with Crippen LogP contribution >= 0.6 is 11.3 Å². The van der Waals surface area contributed by atoms with E-state index >= 15 is 0 Å². The lowest BCUT2D eigenvalue weighted by atomic mass is 10.3. The number of benzene rings is 1. The Bertz CT molecular complexity index is 936. The highest BCUT2D eigenvalue weighted by Crippen LogP contribution is 2.19. The third-order valence-electron chi connectivity index (χ3n) is 3.31. The van der Waals surface area contributed by atoms with E-state index in [0.717, 1.165) is 0 Å². The van der Waals surface area contributed by atoms with Crippen molar-refractivity contribution < 1.29 is 14.8 Å². The van der Waals surface area contributed by atoms with Gasteiger partial charge in [0.1, 0.15) is 23.2 Å². The van der Waals surface area contributed by atoms with Crippen molar-refractivity contribution in [3.05, 3.63) is 62.5 Å². The average molecular weight is 347 g/mol. The molecule has 0 fully saturated rings. The molecular weight excluding hydrogens is 334 g/mol. The summed E-state index contributed by atoms with van der Waals surface area (Å²) in [6.07, 6.45) is 0.426. The SMILES string of the molecule is O=c1c2sccc2ncn1C[C@H](O)COc1cccc([N+](=O)[O-])c1. The largest absolute Gasteiger partial charge is 0.491 e. The number of aliphatic hydroxyl groups excluding tert-OH is 1. The lowest BCUT2D eigenvalue weighted by Crippen LogP contribution is -2.30. The van der Waals surface area contributed by atoms with Crippen LogP contribution in [0.15, 0.2) is 46.8 Å². The molecule has 0 spiro atoms. The van der Waals surface area contributed by atoms with Crippen molar-refractivity contribution >= 4 is 27.2 Å². The fourth-order valence-corrected chi connectivity index (χ4v) is 2.96. The first-order valence-electron chi connectivity index (χ1n) is 7.02. The van der Waals surface area contributed by atoms with Crippen LogP contribution in [0.1, 0.15) is 0 Å². The first-order valence-corrected chi connectivity index (χ1v) is 7.90. The normalized spacial score (nSPS) is 12.2. The quantitative estimate of drug-likeness (QED) is 0.538. The highest BCUT2D eigenvalue weighted by atomic mass is 32.1. The van der Waals surface area contributed by atoms with Crippen LogP contribution in [0.4, 0.5) is 5.69 Å². The Kier molecular flexibility index (Phi) is 4.54. The number of ether oxygens (including phenoxy) is 1. The maximum atomic E-state index is 12.2. The van der Waals surface area contributed by atoms with Crippen molar-refractivity contribution in [2.75, 3.05) is 6.61 Å². The highest BCUT2D eigenvalue weighted by molar-refractivity contribution is 7.17. The summed E-state index contributed by atoms with van der Waals surface area (Å²) in [5, 5.41) is 22.5. The zero-order valence-electron chi connectivity index (χ0n) is 12.4. The minimum Gasteiger partial charge on any atom is -0.491 e. The number of aromatic nitrogens is 2. The number of nitro groups is 1. The van der Waals surface area contributed by atoms with E-state index in [1.54, 1.807) is 17.5 Å². The summed E-state index contributed by atoms with van der Waals surface area (Å²) in [7, 11) is 0. The minimum absolute atomic E-state index is 0.0224. The number of hydrogen-bond donors (Lipinski definition) is 1. The molecule has 0 amide bonds. The van der Waals surface area contributed by atoms with Crippen LogP contribution in [0.5, 0.6) is 5.75 Å². The van der Waals surface area contributed by atoms with E-state index in [0.29, 0.717) is 10.2 Å². The van der Waals surface area contributed by atoms with Crippen LogP contribution < -0.4 is 10.3 Å². The van der Waals surface area contributed by atoms with Gasteiger partial charge in [0, 0.05) is 6.07 Å². The zero-order valence-corrected chi connectivity index (χ0v) is 13.2. The van der Waals surface area contributed by atoms with E-state index in [2.05, 4.69) is 4.98 Å². The lowest BCUT2D eigenvalue weighted by molar-refractivity contribution is -0.384. The van der Waals surface area contributed by atoms with Gasteiger partial charge >= 0.3 is 0 Å². The molecule has 0 unspecified atom stereocenters. The number of non-ortho nitro benzene ring substituents is 1. The van der Waals surface area contributed by atoms with Gasteiger partial charge in [-0.05, 0) is 17.5 Å². The van der Waals surface area contributed by atoms with Crippen LogP contribution in [0, 0.1) is 10.1 Å². The molecule has 1 atom stereocenters. The third kappa shape index (κ3) is 3.42. The third-order valence-corrected chi connectivity index (χ3v) is 4.21. The second-order valence-corrected chi connectivity index (χ2v) is 5.97.